The number of carbonyl (C=O) groups is 2. The number of ketones is 1. The van der Waals surface area contributed by atoms with Crippen molar-refractivity contribution >= 4 is 12.1 Å². The molecule has 23 heavy (non-hydrogen) atoms. The van der Waals surface area contributed by atoms with Crippen molar-refractivity contribution in [1.29, 1.82) is 0 Å². The fraction of sp³-hybridized carbons (Fsp3) is 0.778. The van der Waals surface area contributed by atoms with Gasteiger partial charge in [0.2, 0.25) is 0 Å². The van der Waals surface area contributed by atoms with Crippen molar-refractivity contribution in [2.75, 3.05) is 0 Å². The number of ether oxygens (including phenoxy) is 3. The molecule has 0 aromatic rings. The van der Waals surface area contributed by atoms with Crippen molar-refractivity contribution in [3.05, 3.63) is 12.2 Å². The summed E-state index contributed by atoms with van der Waals surface area (Å²) in [7, 11) is 0. The van der Waals surface area contributed by atoms with Gasteiger partial charge in [0.15, 0.2) is 12.1 Å². The molecule has 1 saturated heterocycles. The van der Waals surface area contributed by atoms with Crippen LogP contribution in [0.3, 0.4) is 0 Å². The van der Waals surface area contributed by atoms with Crippen LogP contribution in [0.5, 0.6) is 0 Å². The fourth-order valence-electron chi connectivity index (χ4n) is 3.19. The third kappa shape index (κ3) is 4.96. The average molecular weight is 324 g/mol. The molecule has 0 unspecified atom stereocenters. The van der Waals surface area contributed by atoms with Crippen molar-refractivity contribution in [1.82, 2.24) is 0 Å². The van der Waals surface area contributed by atoms with Crippen LogP contribution in [-0.2, 0) is 23.8 Å². The molecule has 0 radical (unpaired) electrons. The first kappa shape index (κ1) is 18.3. The van der Waals surface area contributed by atoms with Gasteiger partial charge in [0.1, 0.15) is 12.4 Å². The van der Waals surface area contributed by atoms with Crippen molar-refractivity contribution in [3.8, 4) is 0 Å². The second-order valence-electron chi connectivity index (χ2n) is 7.01. The molecule has 2 aliphatic heterocycles. The van der Waals surface area contributed by atoms with Crippen LogP contribution in [0.25, 0.3) is 0 Å². The molecule has 2 rings (SSSR count). The van der Waals surface area contributed by atoms with Gasteiger partial charge in [-0.25, -0.2) is 0 Å². The third-order valence-electron chi connectivity index (χ3n) is 4.56. The van der Waals surface area contributed by atoms with Crippen LogP contribution in [0.4, 0.5) is 0 Å². The molecule has 0 aliphatic carbocycles. The van der Waals surface area contributed by atoms with Gasteiger partial charge in [0.05, 0.1) is 18.3 Å². The van der Waals surface area contributed by atoms with E-state index in [0.29, 0.717) is 18.8 Å². The molecule has 0 aromatic heterocycles. The highest BCUT2D eigenvalue weighted by molar-refractivity contribution is 5.93. The van der Waals surface area contributed by atoms with Gasteiger partial charge in [-0.2, -0.15) is 0 Å². The molecule has 2 heterocycles. The predicted octanol–water partition coefficient (Wildman–Crippen LogP) is 2.67. The smallest absolute Gasteiger partial charge is 0.184 e. The number of rotatable bonds is 6. The van der Waals surface area contributed by atoms with Crippen LogP contribution in [0.15, 0.2) is 12.2 Å². The van der Waals surface area contributed by atoms with Crippen molar-refractivity contribution < 1.29 is 23.8 Å². The lowest BCUT2D eigenvalue weighted by atomic mass is 9.85. The van der Waals surface area contributed by atoms with Crippen LogP contribution in [0.1, 0.15) is 47.0 Å². The summed E-state index contributed by atoms with van der Waals surface area (Å²) < 4.78 is 17.8. The predicted molar refractivity (Wildman–Crippen MR) is 85.9 cm³/mol. The van der Waals surface area contributed by atoms with E-state index in [9.17, 15) is 9.59 Å². The lowest BCUT2D eigenvalue weighted by Gasteiger charge is -2.42. The zero-order valence-electron chi connectivity index (χ0n) is 14.4. The van der Waals surface area contributed by atoms with E-state index < -0.39 is 12.4 Å². The molecular formula is C18H28O5. The largest absolute Gasteiger partial charge is 0.374 e. The lowest BCUT2D eigenvalue weighted by molar-refractivity contribution is -0.220. The highest BCUT2D eigenvalue weighted by Crippen LogP contribution is 2.33. The van der Waals surface area contributed by atoms with E-state index in [1.807, 2.05) is 0 Å². The lowest BCUT2D eigenvalue weighted by Crippen LogP contribution is -2.47. The number of hydrogen-bond acceptors (Lipinski definition) is 5. The second kappa shape index (κ2) is 8.18. The quantitative estimate of drug-likeness (QED) is 0.703. The molecule has 0 amide bonds. The number of carbonyl (C=O) groups excluding carboxylic acids is 2. The Hall–Kier alpha value is -1.04. The second-order valence-corrected chi connectivity index (χ2v) is 7.01. The van der Waals surface area contributed by atoms with Gasteiger partial charge in [-0.1, -0.05) is 20.8 Å². The zero-order chi connectivity index (χ0) is 17.0. The monoisotopic (exact) mass is 324 g/mol. The Balaban J connectivity index is 2.03. The van der Waals surface area contributed by atoms with Crippen molar-refractivity contribution in [2.24, 2.45) is 11.8 Å². The van der Waals surface area contributed by atoms with E-state index in [1.165, 1.54) is 6.08 Å². The number of aldehydes is 1. The zero-order valence-corrected chi connectivity index (χ0v) is 14.4. The average Bonchev–Trinajstić information content (AvgIpc) is 2.47. The molecule has 6 atom stereocenters. The third-order valence-corrected chi connectivity index (χ3v) is 4.56. The minimum Gasteiger partial charge on any atom is -0.374 e. The molecule has 0 aromatic carbocycles. The van der Waals surface area contributed by atoms with E-state index in [2.05, 4.69) is 20.8 Å². The molecule has 5 heteroatoms. The maximum atomic E-state index is 11.5. The number of hydrogen-bond donors (Lipinski definition) is 0. The van der Waals surface area contributed by atoms with Gasteiger partial charge >= 0.3 is 0 Å². The Labute approximate surface area is 138 Å². The molecule has 0 saturated carbocycles. The van der Waals surface area contributed by atoms with Gasteiger partial charge in [0.25, 0.3) is 0 Å². The van der Waals surface area contributed by atoms with Crippen molar-refractivity contribution in [2.45, 2.75) is 77.7 Å². The van der Waals surface area contributed by atoms with Gasteiger partial charge in [-0.05, 0) is 31.4 Å². The molecule has 0 N–H and O–H groups in total. The van der Waals surface area contributed by atoms with E-state index in [-0.39, 0.29) is 30.0 Å². The maximum Gasteiger partial charge on any atom is 0.184 e. The van der Waals surface area contributed by atoms with Gasteiger partial charge in [-0.15, -0.1) is 0 Å². The van der Waals surface area contributed by atoms with Crippen LogP contribution in [-0.4, -0.2) is 42.8 Å². The van der Waals surface area contributed by atoms with Crippen LogP contribution in [0, 0.1) is 11.8 Å². The minimum atomic E-state index is -0.509. The molecule has 0 bridgehead atoms. The first-order valence-corrected chi connectivity index (χ1v) is 8.52. The maximum absolute atomic E-state index is 11.5. The summed E-state index contributed by atoms with van der Waals surface area (Å²) in [5.74, 6) is 0.688. The first-order valence-electron chi connectivity index (χ1n) is 8.52. The van der Waals surface area contributed by atoms with Crippen LogP contribution >= 0.6 is 0 Å². The normalized spacial score (nSPS) is 38.0. The highest BCUT2D eigenvalue weighted by Gasteiger charge is 2.38. The Kier molecular flexibility index (Phi) is 6.50. The summed E-state index contributed by atoms with van der Waals surface area (Å²) >= 11 is 0. The van der Waals surface area contributed by atoms with Crippen LogP contribution < -0.4 is 0 Å². The Morgan fingerprint density at radius 1 is 1.35 bits per heavy atom. The summed E-state index contributed by atoms with van der Waals surface area (Å²) in [6, 6.07) is 0. The molecule has 0 spiro atoms. The SMILES string of the molecule is CC(C)C[C@H]1O[C@@H](CC=O)C[C@@H](O[C@H]2C=CC(=O)[C@H](C)O2)[C@@H]1C. The summed E-state index contributed by atoms with van der Waals surface area (Å²) in [5, 5.41) is 0. The summed E-state index contributed by atoms with van der Waals surface area (Å²) in [4.78, 5) is 22.3. The molecule has 1 fully saturated rings. The van der Waals surface area contributed by atoms with Gasteiger partial charge in [0, 0.05) is 18.8 Å². The van der Waals surface area contributed by atoms with Gasteiger partial charge < -0.3 is 19.0 Å². The molecule has 130 valence electrons. The van der Waals surface area contributed by atoms with Crippen LogP contribution in [0.2, 0.25) is 0 Å². The Morgan fingerprint density at radius 2 is 2.09 bits per heavy atom. The van der Waals surface area contributed by atoms with Gasteiger partial charge in [-0.3, -0.25) is 4.79 Å². The Bertz CT molecular complexity index is 445. The van der Waals surface area contributed by atoms with E-state index >= 15 is 0 Å². The fourth-order valence-corrected chi connectivity index (χ4v) is 3.19. The summed E-state index contributed by atoms with van der Waals surface area (Å²) in [6.45, 7) is 8.17. The standard InChI is InChI=1S/C18H28O5/c1-11(2)9-16-12(3)17(10-14(22-16)7-8-19)23-18-6-5-15(20)13(4)21-18/h5-6,8,11-14,16-18H,7,9-10H2,1-4H3/t12-,13+,14+,16-,17-,18+/m1/s1. The molecular weight excluding hydrogens is 296 g/mol. The highest BCUT2D eigenvalue weighted by atomic mass is 16.7. The minimum absolute atomic E-state index is 0.0404. The Morgan fingerprint density at radius 3 is 2.70 bits per heavy atom. The molecule has 2 aliphatic rings. The first-order chi connectivity index (χ1) is 10.9. The summed E-state index contributed by atoms with van der Waals surface area (Å²) in [5.41, 5.74) is 0. The topological polar surface area (TPSA) is 61.8 Å². The van der Waals surface area contributed by atoms with E-state index in [4.69, 9.17) is 14.2 Å². The van der Waals surface area contributed by atoms with E-state index in [1.54, 1.807) is 13.0 Å². The van der Waals surface area contributed by atoms with Crippen molar-refractivity contribution in [3.63, 3.8) is 0 Å². The van der Waals surface area contributed by atoms with E-state index in [0.717, 1.165) is 12.7 Å². The summed E-state index contributed by atoms with van der Waals surface area (Å²) in [6.07, 6.45) is 5.02. The molecule has 5 nitrogen and oxygen atoms in total.